The Kier molecular flexibility index (Phi) is 11.1. The summed E-state index contributed by atoms with van der Waals surface area (Å²) in [6.07, 6.45) is 0.158. The number of halogens is 1. The van der Waals surface area contributed by atoms with E-state index < -0.39 is 33.8 Å². The molecule has 234 valence electrons. The molecule has 0 saturated carbocycles. The van der Waals surface area contributed by atoms with Crippen LogP contribution in [0.15, 0.2) is 36.4 Å². The second-order valence-electron chi connectivity index (χ2n) is 13.3. The predicted molar refractivity (Wildman–Crippen MR) is 179 cm³/mol. The number of carbonyl (C=O) groups is 3. The zero-order valence-electron chi connectivity index (χ0n) is 27.3. The summed E-state index contributed by atoms with van der Waals surface area (Å²) < 4.78 is 21.8. The minimum Gasteiger partial charge on any atom is -0.393 e. The van der Waals surface area contributed by atoms with Gasteiger partial charge in [0, 0.05) is 38.9 Å². The molecule has 1 saturated heterocycles. The van der Waals surface area contributed by atoms with E-state index >= 15 is 4.39 Å². The number of benzene rings is 2. The van der Waals surface area contributed by atoms with Crippen LogP contribution in [0.25, 0.3) is 0 Å². The average Bonchev–Trinajstić information content (AvgIpc) is 2.91. The molecule has 0 aliphatic carbocycles. The molecule has 2 amide bonds. The number of likely N-dealkylation sites (N-methyl/N-ethyl adjacent to an activating group) is 1. The zero-order valence-corrected chi connectivity index (χ0v) is 27.3. The molecule has 0 aromatic heterocycles. The first-order chi connectivity index (χ1) is 21.1. The van der Waals surface area contributed by atoms with Gasteiger partial charge in [0.05, 0.1) is 48.1 Å². The van der Waals surface area contributed by atoms with E-state index in [2.05, 4.69) is 15.5 Å². The average molecular weight is 620 g/mol. The van der Waals surface area contributed by atoms with Gasteiger partial charge in [-0.25, -0.2) is 4.39 Å². The number of aldehydes is 1. The van der Waals surface area contributed by atoms with Gasteiger partial charge in [-0.3, -0.25) is 14.5 Å². The van der Waals surface area contributed by atoms with Gasteiger partial charge in [-0.05, 0) is 79.6 Å². The summed E-state index contributed by atoms with van der Waals surface area (Å²) in [7, 11) is 31.8. The standard InChI is InChI=1S/C31H38B5FN4O5/c1-19-8-7-9-24(21(19)14-41(18-43)25(26(44)38-6)30(33,34)29(32,45)17-42)39-31(35,36)22-11-10-20(12-23(22)37)13-40-15-27(2,3)46-28(4,5)16-40/h7-12,17-18,25,39,45H,13-16H2,1-6H3,(H,38,44). The fourth-order valence-electron chi connectivity index (χ4n) is 6.10. The number of carbonyl (C=O) groups excluding carboxylic acids is 3. The first-order valence-electron chi connectivity index (χ1n) is 14.7. The van der Waals surface area contributed by atoms with Crippen molar-refractivity contribution in [3.63, 3.8) is 0 Å². The fraction of sp³-hybridized carbons (Fsp3) is 0.516. The number of rotatable bonds is 13. The highest BCUT2D eigenvalue weighted by Gasteiger charge is 2.49. The number of nitrogens with one attached hydrogen (secondary N) is 2. The second kappa shape index (κ2) is 13.6. The summed E-state index contributed by atoms with van der Waals surface area (Å²) in [4.78, 5) is 39.8. The Balaban J connectivity index is 1.92. The van der Waals surface area contributed by atoms with E-state index in [4.69, 9.17) is 44.0 Å². The lowest BCUT2D eigenvalue weighted by molar-refractivity contribution is -0.182. The molecule has 1 fully saturated rings. The van der Waals surface area contributed by atoms with Crippen molar-refractivity contribution in [2.75, 3.05) is 25.5 Å². The van der Waals surface area contributed by atoms with E-state index in [1.807, 2.05) is 27.7 Å². The molecule has 1 aliphatic heterocycles. The van der Waals surface area contributed by atoms with Gasteiger partial charge in [0.2, 0.25) is 12.3 Å². The molecule has 1 heterocycles. The van der Waals surface area contributed by atoms with Crippen molar-refractivity contribution in [1.29, 1.82) is 0 Å². The molecular weight excluding hydrogens is 581 g/mol. The Morgan fingerprint density at radius 2 is 1.72 bits per heavy atom. The number of aryl methyl sites for hydroxylation is 1. The van der Waals surface area contributed by atoms with E-state index in [1.165, 1.54) is 19.2 Å². The molecule has 2 aromatic rings. The van der Waals surface area contributed by atoms with Crippen LogP contribution in [-0.2, 0) is 37.5 Å². The van der Waals surface area contributed by atoms with Crippen molar-refractivity contribution in [3.05, 3.63) is 64.5 Å². The number of nitrogens with zero attached hydrogens (tertiary/aromatic N) is 2. The highest BCUT2D eigenvalue weighted by molar-refractivity contribution is 6.49. The molecule has 3 N–H and O–H groups in total. The van der Waals surface area contributed by atoms with Crippen LogP contribution >= 0.6 is 0 Å². The van der Waals surface area contributed by atoms with Gasteiger partial charge in [0.15, 0.2) is 0 Å². The Morgan fingerprint density at radius 3 is 2.24 bits per heavy atom. The summed E-state index contributed by atoms with van der Waals surface area (Å²) in [6.45, 7) is 11.3. The van der Waals surface area contributed by atoms with E-state index in [1.54, 1.807) is 31.2 Å². The molecule has 10 radical (unpaired) electrons. The van der Waals surface area contributed by atoms with Gasteiger partial charge in [0.1, 0.15) is 26.0 Å². The molecule has 9 nitrogen and oxygen atoms in total. The van der Waals surface area contributed by atoms with Crippen LogP contribution in [0, 0.1) is 12.7 Å². The van der Waals surface area contributed by atoms with Crippen molar-refractivity contribution < 1.29 is 28.6 Å². The van der Waals surface area contributed by atoms with E-state index in [9.17, 15) is 19.5 Å². The minimum atomic E-state index is -2.89. The summed E-state index contributed by atoms with van der Waals surface area (Å²) >= 11 is 0. The first kappa shape index (κ1) is 37.4. The Labute approximate surface area is 277 Å². The SMILES string of the molecule is [B]C([B])(Nc1cccc(C)c1CN(C=O)C(C(=O)NC)C([B])([B])C([B])(O)C=O)c1ccc(CN2CC(C)(C)OC(C)(C)C2)cc1F. The highest BCUT2D eigenvalue weighted by atomic mass is 19.1. The van der Waals surface area contributed by atoms with E-state index in [0.29, 0.717) is 36.4 Å². The van der Waals surface area contributed by atoms with Crippen molar-refractivity contribution >= 4 is 63.5 Å². The van der Waals surface area contributed by atoms with Crippen LogP contribution in [0.4, 0.5) is 10.1 Å². The van der Waals surface area contributed by atoms with Gasteiger partial charge in [-0.1, -0.05) is 24.3 Å². The third kappa shape index (κ3) is 8.28. The maximum Gasteiger partial charge on any atom is 0.241 e. The largest absolute Gasteiger partial charge is 0.393 e. The lowest BCUT2D eigenvalue weighted by Gasteiger charge is -2.47. The Hall–Kier alpha value is -3.02. The lowest BCUT2D eigenvalue weighted by Crippen LogP contribution is -2.62. The number of hydrogen-bond donors (Lipinski definition) is 3. The molecule has 1 aliphatic rings. The summed E-state index contributed by atoms with van der Waals surface area (Å²) in [5, 5.41) is 11.1. The number of morpholine rings is 1. The smallest absolute Gasteiger partial charge is 0.241 e. The van der Waals surface area contributed by atoms with E-state index in [-0.39, 0.29) is 36.0 Å². The molecule has 46 heavy (non-hydrogen) atoms. The highest BCUT2D eigenvalue weighted by Crippen LogP contribution is 2.37. The van der Waals surface area contributed by atoms with Gasteiger partial charge >= 0.3 is 0 Å². The van der Waals surface area contributed by atoms with Gasteiger partial charge < -0.3 is 30.2 Å². The Morgan fingerprint density at radius 1 is 1.11 bits per heavy atom. The van der Waals surface area contributed by atoms with Crippen molar-refractivity contribution in [3.8, 4) is 0 Å². The number of amides is 2. The lowest BCUT2D eigenvalue weighted by atomic mass is 9.38. The van der Waals surface area contributed by atoms with Crippen LogP contribution in [0.2, 0.25) is 5.21 Å². The van der Waals surface area contributed by atoms with Crippen LogP contribution < -0.4 is 10.6 Å². The summed E-state index contributed by atoms with van der Waals surface area (Å²) in [5.41, 5.74) is -1.60. The molecule has 0 bridgehead atoms. The maximum absolute atomic E-state index is 15.6. The summed E-state index contributed by atoms with van der Waals surface area (Å²) in [5.74, 6) is -1.53. The van der Waals surface area contributed by atoms with Gasteiger partial charge in [-0.15, -0.1) is 0 Å². The number of anilines is 1. The van der Waals surface area contributed by atoms with E-state index in [0.717, 1.165) is 10.5 Å². The quantitative estimate of drug-likeness (QED) is 0.223. The normalized spacial score (nSPS) is 18.5. The fourth-order valence-corrected chi connectivity index (χ4v) is 6.10. The van der Waals surface area contributed by atoms with Crippen LogP contribution in [0.1, 0.15) is 49.9 Å². The molecule has 2 atom stereocenters. The Bertz CT molecular complexity index is 1440. The predicted octanol–water partition coefficient (Wildman–Crippen LogP) is 0.665. The number of hydrogen-bond acceptors (Lipinski definition) is 7. The monoisotopic (exact) mass is 620 g/mol. The van der Waals surface area contributed by atoms with Crippen LogP contribution in [0.5, 0.6) is 0 Å². The van der Waals surface area contributed by atoms with Crippen molar-refractivity contribution in [2.24, 2.45) is 0 Å². The second-order valence-corrected chi connectivity index (χ2v) is 13.3. The van der Waals surface area contributed by atoms with Crippen molar-refractivity contribution in [1.82, 2.24) is 15.1 Å². The van der Waals surface area contributed by atoms with Crippen molar-refractivity contribution in [2.45, 2.75) is 81.0 Å². The van der Waals surface area contributed by atoms with Crippen LogP contribution in [-0.4, -0.2) is 116 Å². The third-order valence-electron chi connectivity index (χ3n) is 8.03. The molecule has 15 heteroatoms. The number of aliphatic hydroxyl groups is 1. The zero-order chi connectivity index (χ0) is 34.9. The van der Waals surface area contributed by atoms with Gasteiger partial charge in [-0.2, -0.15) is 0 Å². The maximum atomic E-state index is 15.6. The third-order valence-corrected chi connectivity index (χ3v) is 8.03. The first-order valence-corrected chi connectivity index (χ1v) is 14.7. The molecule has 2 unspecified atom stereocenters. The summed E-state index contributed by atoms with van der Waals surface area (Å²) in [6, 6.07) is 7.86. The number of ether oxygens (including phenoxy) is 1. The molecular formula is C31H38B5FN4O5. The molecule has 2 aromatic carbocycles. The minimum absolute atomic E-state index is 0.0241. The van der Waals surface area contributed by atoms with Crippen LogP contribution in [0.3, 0.4) is 0 Å². The topological polar surface area (TPSA) is 111 Å². The van der Waals surface area contributed by atoms with Gasteiger partial charge in [0.25, 0.3) is 0 Å². The molecule has 3 rings (SSSR count). The molecule has 0 spiro atoms.